The molecule has 0 aliphatic carbocycles. The SMILES string of the molecule is CCC(F)(F)/C(F)=C/CN(C(C)(C)F)C(F)(F)OC(F)(F)C(C)(F)C(C)C. The van der Waals surface area contributed by atoms with E-state index in [2.05, 4.69) is 4.74 Å². The second kappa shape index (κ2) is 8.18. The van der Waals surface area contributed by atoms with E-state index < -0.39 is 59.3 Å². The minimum absolute atomic E-state index is 0.0721. The van der Waals surface area contributed by atoms with Gasteiger partial charge in [-0.05, 0) is 32.8 Å². The van der Waals surface area contributed by atoms with Crippen molar-refractivity contribution in [3.8, 4) is 0 Å². The summed E-state index contributed by atoms with van der Waals surface area (Å²) in [5, 5.41) is 0. The van der Waals surface area contributed by atoms with Crippen molar-refractivity contribution < 1.29 is 44.3 Å². The van der Waals surface area contributed by atoms with E-state index in [0.717, 1.165) is 20.8 Å². The van der Waals surface area contributed by atoms with E-state index in [4.69, 9.17) is 0 Å². The Hall–Kier alpha value is -0.970. The van der Waals surface area contributed by atoms with E-state index in [1.54, 1.807) is 0 Å². The van der Waals surface area contributed by atoms with E-state index in [1.807, 2.05) is 0 Å². The van der Waals surface area contributed by atoms with Gasteiger partial charge in [-0.15, -0.1) is 0 Å². The number of hydrogen-bond donors (Lipinski definition) is 0. The molecule has 0 radical (unpaired) electrons. The van der Waals surface area contributed by atoms with Crippen molar-refractivity contribution in [1.29, 1.82) is 0 Å². The highest BCUT2D eigenvalue weighted by Gasteiger charge is 2.62. The highest BCUT2D eigenvalue weighted by molar-refractivity contribution is 5.05. The van der Waals surface area contributed by atoms with Gasteiger partial charge >= 0.3 is 12.3 Å². The zero-order valence-corrected chi connectivity index (χ0v) is 15.8. The van der Waals surface area contributed by atoms with Gasteiger partial charge in [0.2, 0.25) is 5.67 Å². The first-order valence-corrected chi connectivity index (χ1v) is 8.07. The fourth-order valence-electron chi connectivity index (χ4n) is 1.77. The molecule has 0 aliphatic heterocycles. The van der Waals surface area contributed by atoms with Gasteiger partial charge < -0.3 is 0 Å². The molecule has 0 aliphatic rings. The molecule has 0 saturated carbocycles. The van der Waals surface area contributed by atoms with Gasteiger partial charge in [0.25, 0.3) is 5.92 Å². The summed E-state index contributed by atoms with van der Waals surface area (Å²) in [6, 6.07) is 0. The molecule has 0 spiro atoms. The molecular weight excluding hydrogens is 393 g/mol. The Balaban J connectivity index is 5.80. The standard InChI is InChI=1S/C16H24F9NO/c1-7-14(20,21)11(17)8-9-26(12(4,5)18)16(24,25)27-15(22,23)13(6,19)10(2)3/h8,10H,7,9H2,1-6H3/b11-8-. The number of rotatable bonds is 10. The first kappa shape index (κ1) is 26.0. The van der Waals surface area contributed by atoms with Gasteiger partial charge in [0.05, 0.1) is 0 Å². The Morgan fingerprint density at radius 2 is 1.41 bits per heavy atom. The molecular formula is C16H24F9NO. The quantitative estimate of drug-likeness (QED) is 0.231. The van der Waals surface area contributed by atoms with Crippen molar-refractivity contribution in [2.75, 3.05) is 6.54 Å². The van der Waals surface area contributed by atoms with Crippen LogP contribution in [0.5, 0.6) is 0 Å². The Bertz CT molecular complexity index is 524. The number of nitrogens with zero attached hydrogens (tertiary/aromatic N) is 1. The van der Waals surface area contributed by atoms with Crippen molar-refractivity contribution in [2.45, 2.75) is 77.7 Å². The van der Waals surface area contributed by atoms with Crippen LogP contribution in [0.1, 0.15) is 48.0 Å². The third-order valence-electron chi connectivity index (χ3n) is 4.11. The molecule has 11 heteroatoms. The first-order valence-electron chi connectivity index (χ1n) is 8.07. The van der Waals surface area contributed by atoms with Crippen LogP contribution in [-0.2, 0) is 4.74 Å². The summed E-state index contributed by atoms with van der Waals surface area (Å²) < 4.78 is 127. The van der Waals surface area contributed by atoms with Crippen LogP contribution in [0.25, 0.3) is 0 Å². The van der Waals surface area contributed by atoms with Crippen LogP contribution < -0.4 is 0 Å². The number of hydrogen-bond acceptors (Lipinski definition) is 2. The first-order chi connectivity index (χ1) is 11.7. The molecule has 0 aromatic heterocycles. The maximum Gasteiger partial charge on any atom is 0.432 e. The lowest BCUT2D eigenvalue weighted by Crippen LogP contribution is -2.59. The molecule has 0 bridgehead atoms. The second-order valence-electron chi connectivity index (χ2n) is 6.97. The van der Waals surface area contributed by atoms with Crippen LogP contribution in [0.2, 0.25) is 0 Å². The Kier molecular flexibility index (Phi) is 7.89. The molecule has 0 rings (SSSR count). The summed E-state index contributed by atoms with van der Waals surface area (Å²) in [5.74, 6) is -10.7. The Labute approximate surface area is 152 Å². The molecule has 0 aromatic rings. The molecule has 162 valence electrons. The summed E-state index contributed by atoms with van der Waals surface area (Å²) in [7, 11) is 0. The van der Waals surface area contributed by atoms with Gasteiger partial charge in [0.15, 0.2) is 11.6 Å². The monoisotopic (exact) mass is 417 g/mol. The number of alkyl halides is 8. The Morgan fingerprint density at radius 1 is 0.963 bits per heavy atom. The predicted molar refractivity (Wildman–Crippen MR) is 81.7 cm³/mol. The van der Waals surface area contributed by atoms with Gasteiger partial charge in [-0.3, -0.25) is 0 Å². The molecule has 2 nitrogen and oxygen atoms in total. The largest absolute Gasteiger partial charge is 0.432 e. The maximum absolute atomic E-state index is 14.2. The Morgan fingerprint density at radius 3 is 1.74 bits per heavy atom. The van der Waals surface area contributed by atoms with Gasteiger partial charge in [-0.2, -0.15) is 31.2 Å². The van der Waals surface area contributed by atoms with Crippen molar-refractivity contribution >= 4 is 0 Å². The summed E-state index contributed by atoms with van der Waals surface area (Å²) >= 11 is 0. The van der Waals surface area contributed by atoms with E-state index in [9.17, 15) is 39.5 Å². The van der Waals surface area contributed by atoms with Crippen molar-refractivity contribution in [2.24, 2.45) is 5.92 Å². The zero-order chi connectivity index (χ0) is 22.1. The predicted octanol–water partition coefficient (Wildman–Crippen LogP) is 6.44. The van der Waals surface area contributed by atoms with Crippen LogP contribution in [0.4, 0.5) is 39.5 Å². The highest BCUT2D eigenvalue weighted by atomic mass is 19.3. The molecule has 1 atom stereocenters. The molecule has 0 N–H and O–H groups in total. The molecule has 0 heterocycles. The summed E-state index contributed by atoms with van der Waals surface area (Å²) in [4.78, 5) is -0.727. The van der Waals surface area contributed by atoms with Crippen molar-refractivity contribution in [3.05, 3.63) is 11.9 Å². The van der Waals surface area contributed by atoms with E-state index >= 15 is 0 Å². The lowest BCUT2D eigenvalue weighted by molar-refractivity contribution is -0.463. The maximum atomic E-state index is 14.2. The summed E-state index contributed by atoms with van der Waals surface area (Å²) in [6.45, 7) is 2.64. The second-order valence-corrected chi connectivity index (χ2v) is 6.97. The minimum atomic E-state index is -5.15. The van der Waals surface area contributed by atoms with Crippen LogP contribution in [-0.4, -0.2) is 41.2 Å². The van der Waals surface area contributed by atoms with Crippen molar-refractivity contribution in [3.63, 3.8) is 0 Å². The molecule has 0 amide bonds. The fourth-order valence-corrected chi connectivity index (χ4v) is 1.77. The third kappa shape index (κ3) is 6.27. The van der Waals surface area contributed by atoms with E-state index in [1.165, 1.54) is 0 Å². The van der Waals surface area contributed by atoms with Gasteiger partial charge in [0.1, 0.15) is 0 Å². The van der Waals surface area contributed by atoms with Crippen LogP contribution in [0, 0.1) is 5.92 Å². The van der Waals surface area contributed by atoms with Crippen LogP contribution >= 0.6 is 0 Å². The van der Waals surface area contributed by atoms with Crippen molar-refractivity contribution in [1.82, 2.24) is 4.90 Å². The number of halogens is 9. The van der Waals surface area contributed by atoms with Gasteiger partial charge in [0, 0.05) is 13.0 Å². The number of ether oxygens (including phenoxy) is 1. The van der Waals surface area contributed by atoms with Crippen LogP contribution in [0.3, 0.4) is 0 Å². The fraction of sp³-hybridized carbons (Fsp3) is 0.875. The topological polar surface area (TPSA) is 12.5 Å². The highest BCUT2D eigenvalue weighted by Crippen LogP contribution is 2.44. The van der Waals surface area contributed by atoms with Gasteiger partial charge in [-0.1, -0.05) is 20.8 Å². The normalized spacial score (nSPS) is 17.6. The summed E-state index contributed by atoms with van der Waals surface area (Å²) in [6.07, 6.45) is -11.3. The molecule has 27 heavy (non-hydrogen) atoms. The zero-order valence-electron chi connectivity index (χ0n) is 15.8. The molecule has 0 aromatic carbocycles. The molecule has 0 fully saturated rings. The third-order valence-corrected chi connectivity index (χ3v) is 4.11. The molecule has 1 unspecified atom stereocenters. The number of allylic oxidation sites excluding steroid dienone is 1. The summed E-state index contributed by atoms with van der Waals surface area (Å²) in [5.41, 5.74) is -3.56. The van der Waals surface area contributed by atoms with Gasteiger partial charge in [-0.25, -0.2) is 17.9 Å². The lowest BCUT2D eigenvalue weighted by atomic mass is 9.93. The lowest BCUT2D eigenvalue weighted by Gasteiger charge is -2.40. The average Bonchev–Trinajstić information content (AvgIpc) is 2.43. The average molecular weight is 417 g/mol. The minimum Gasteiger partial charge on any atom is -0.238 e. The van der Waals surface area contributed by atoms with Crippen LogP contribution in [0.15, 0.2) is 11.9 Å². The van der Waals surface area contributed by atoms with E-state index in [0.29, 0.717) is 20.8 Å². The molecule has 0 saturated heterocycles. The smallest absolute Gasteiger partial charge is 0.238 e. The van der Waals surface area contributed by atoms with E-state index in [-0.39, 0.29) is 6.08 Å².